The van der Waals surface area contributed by atoms with Gasteiger partial charge in [-0.3, -0.25) is 9.78 Å². The molecule has 0 bridgehead atoms. The predicted octanol–water partition coefficient (Wildman–Crippen LogP) is 1.69. The molecule has 1 saturated heterocycles. The molecular weight excluding hydrogens is 306 g/mol. The maximum absolute atomic E-state index is 12.4. The Morgan fingerprint density at radius 3 is 3.00 bits per heavy atom. The highest BCUT2D eigenvalue weighted by Crippen LogP contribution is 2.29. The van der Waals surface area contributed by atoms with Gasteiger partial charge in [-0.1, -0.05) is 11.3 Å². The Kier molecular flexibility index (Phi) is 4.25. The molecule has 3 heterocycles. The standard InChI is InChI=1S/C17H21N5O2/c23-17(16-3-1-2-7-18-16)21-8-6-15(10-21)22-9-14(19-20-22)12-24-11-13-4-5-13/h1-3,7,9,13,15H,4-6,8,10-12H2. The first-order chi connectivity index (χ1) is 11.8. The number of carbonyl (C=O) groups excluding carboxylic acids is 1. The summed E-state index contributed by atoms with van der Waals surface area (Å²) < 4.78 is 7.51. The van der Waals surface area contributed by atoms with E-state index in [2.05, 4.69) is 15.3 Å². The van der Waals surface area contributed by atoms with Crippen LogP contribution in [0.25, 0.3) is 0 Å². The second-order valence-electron chi connectivity index (χ2n) is 6.56. The topological polar surface area (TPSA) is 73.1 Å². The van der Waals surface area contributed by atoms with Gasteiger partial charge in [0.2, 0.25) is 0 Å². The lowest BCUT2D eigenvalue weighted by atomic mass is 10.3. The monoisotopic (exact) mass is 327 g/mol. The quantitative estimate of drug-likeness (QED) is 0.807. The first-order valence-electron chi connectivity index (χ1n) is 8.48. The van der Waals surface area contributed by atoms with Gasteiger partial charge >= 0.3 is 0 Å². The second-order valence-corrected chi connectivity index (χ2v) is 6.56. The molecule has 2 aromatic heterocycles. The van der Waals surface area contributed by atoms with Crippen LogP contribution >= 0.6 is 0 Å². The summed E-state index contributed by atoms with van der Waals surface area (Å²) in [6, 6.07) is 5.56. The predicted molar refractivity (Wildman–Crippen MR) is 86.2 cm³/mol. The average molecular weight is 327 g/mol. The van der Waals surface area contributed by atoms with Crippen molar-refractivity contribution >= 4 is 5.91 Å². The van der Waals surface area contributed by atoms with Crippen molar-refractivity contribution in [1.29, 1.82) is 0 Å². The summed E-state index contributed by atoms with van der Waals surface area (Å²) in [4.78, 5) is 18.4. The second kappa shape index (κ2) is 6.68. The van der Waals surface area contributed by atoms with Gasteiger partial charge in [0.25, 0.3) is 5.91 Å². The number of pyridine rings is 1. The van der Waals surface area contributed by atoms with Crippen molar-refractivity contribution in [2.75, 3.05) is 19.7 Å². The molecule has 7 nitrogen and oxygen atoms in total. The highest BCUT2D eigenvalue weighted by molar-refractivity contribution is 5.92. The third-order valence-electron chi connectivity index (χ3n) is 4.57. The molecule has 1 aliphatic heterocycles. The minimum atomic E-state index is -0.0220. The minimum Gasteiger partial charge on any atom is -0.375 e. The molecule has 0 spiro atoms. The summed E-state index contributed by atoms with van der Waals surface area (Å²) in [5.74, 6) is 0.729. The highest BCUT2D eigenvalue weighted by Gasteiger charge is 2.29. The number of carbonyl (C=O) groups is 1. The number of rotatable bonds is 6. The minimum absolute atomic E-state index is 0.0220. The zero-order valence-corrected chi connectivity index (χ0v) is 13.5. The zero-order chi connectivity index (χ0) is 16.4. The highest BCUT2D eigenvalue weighted by atomic mass is 16.5. The van der Waals surface area contributed by atoms with Gasteiger partial charge in [0.05, 0.1) is 18.8 Å². The van der Waals surface area contributed by atoms with Crippen LogP contribution in [0.3, 0.4) is 0 Å². The van der Waals surface area contributed by atoms with E-state index in [1.165, 1.54) is 12.8 Å². The third kappa shape index (κ3) is 3.46. The lowest BCUT2D eigenvalue weighted by Crippen LogP contribution is -2.29. The summed E-state index contributed by atoms with van der Waals surface area (Å²) in [7, 11) is 0. The van der Waals surface area contributed by atoms with E-state index in [4.69, 9.17) is 4.74 Å². The molecule has 24 heavy (non-hydrogen) atoms. The van der Waals surface area contributed by atoms with Crippen LogP contribution in [0.5, 0.6) is 0 Å². The van der Waals surface area contributed by atoms with Crippen LogP contribution in [0.1, 0.15) is 41.5 Å². The van der Waals surface area contributed by atoms with E-state index in [9.17, 15) is 4.79 Å². The van der Waals surface area contributed by atoms with E-state index in [0.29, 0.717) is 25.4 Å². The molecule has 1 aliphatic carbocycles. The van der Waals surface area contributed by atoms with Crippen LogP contribution in [0.4, 0.5) is 0 Å². The van der Waals surface area contributed by atoms with Gasteiger partial charge in [0, 0.05) is 25.9 Å². The van der Waals surface area contributed by atoms with Crippen LogP contribution in [0.15, 0.2) is 30.6 Å². The van der Waals surface area contributed by atoms with E-state index in [1.807, 2.05) is 27.9 Å². The van der Waals surface area contributed by atoms with Crippen molar-refractivity contribution < 1.29 is 9.53 Å². The fourth-order valence-electron chi connectivity index (χ4n) is 2.97. The first kappa shape index (κ1) is 15.3. The third-order valence-corrected chi connectivity index (χ3v) is 4.57. The molecule has 2 aromatic rings. The number of amides is 1. The van der Waals surface area contributed by atoms with Crippen LogP contribution in [0, 0.1) is 5.92 Å². The van der Waals surface area contributed by atoms with E-state index in [0.717, 1.165) is 24.6 Å². The lowest BCUT2D eigenvalue weighted by molar-refractivity contribution is 0.0781. The molecule has 0 radical (unpaired) electrons. The molecule has 126 valence electrons. The molecule has 1 atom stereocenters. The Balaban J connectivity index is 1.32. The van der Waals surface area contributed by atoms with Gasteiger partial charge in [-0.15, -0.1) is 5.10 Å². The molecule has 1 amide bonds. The summed E-state index contributed by atoms with van der Waals surface area (Å²) >= 11 is 0. The van der Waals surface area contributed by atoms with Crippen LogP contribution in [-0.4, -0.2) is 50.5 Å². The molecule has 2 aliphatic rings. The van der Waals surface area contributed by atoms with Crippen molar-refractivity contribution in [2.24, 2.45) is 5.92 Å². The Labute approximate surface area is 140 Å². The molecule has 4 rings (SSSR count). The lowest BCUT2D eigenvalue weighted by Gasteiger charge is -2.15. The average Bonchev–Trinajstić information content (AvgIpc) is 3.12. The SMILES string of the molecule is O=C(c1ccccn1)N1CCC(n2cc(COCC3CC3)nn2)C1. The maximum atomic E-state index is 12.4. The van der Waals surface area contributed by atoms with Crippen molar-refractivity contribution in [3.05, 3.63) is 42.0 Å². The Morgan fingerprint density at radius 2 is 2.21 bits per heavy atom. The van der Waals surface area contributed by atoms with E-state index in [-0.39, 0.29) is 11.9 Å². The van der Waals surface area contributed by atoms with E-state index >= 15 is 0 Å². The summed E-state index contributed by atoms with van der Waals surface area (Å²) in [6.07, 6.45) is 7.03. The van der Waals surface area contributed by atoms with Gasteiger partial charge in [0.15, 0.2) is 0 Å². The van der Waals surface area contributed by atoms with Crippen molar-refractivity contribution in [3.63, 3.8) is 0 Å². The molecule has 1 unspecified atom stereocenters. The number of nitrogens with zero attached hydrogens (tertiary/aromatic N) is 5. The fraction of sp³-hybridized carbons (Fsp3) is 0.529. The summed E-state index contributed by atoms with van der Waals surface area (Å²) in [6.45, 7) is 2.69. The summed E-state index contributed by atoms with van der Waals surface area (Å²) in [5.41, 5.74) is 1.34. The molecule has 1 saturated carbocycles. The van der Waals surface area contributed by atoms with Gasteiger partial charge < -0.3 is 9.64 Å². The first-order valence-corrected chi connectivity index (χ1v) is 8.48. The Bertz CT molecular complexity index is 698. The Morgan fingerprint density at radius 1 is 1.29 bits per heavy atom. The number of aromatic nitrogens is 4. The van der Waals surface area contributed by atoms with Gasteiger partial charge in [-0.25, -0.2) is 4.68 Å². The molecular formula is C17H21N5O2. The normalized spacial score (nSPS) is 20.5. The van der Waals surface area contributed by atoms with Gasteiger partial charge in [-0.2, -0.15) is 0 Å². The van der Waals surface area contributed by atoms with Crippen LogP contribution in [0.2, 0.25) is 0 Å². The fourth-order valence-corrected chi connectivity index (χ4v) is 2.97. The summed E-state index contributed by atoms with van der Waals surface area (Å²) in [5, 5.41) is 8.39. The number of likely N-dealkylation sites (tertiary alicyclic amines) is 1. The van der Waals surface area contributed by atoms with E-state index < -0.39 is 0 Å². The number of ether oxygens (including phenoxy) is 1. The molecule has 0 aromatic carbocycles. The smallest absolute Gasteiger partial charge is 0.272 e. The van der Waals surface area contributed by atoms with Gasteiger partial charge in [-0.05, 0) is 37.3 Å². The maximum Gasteiger partial charge on any atom is 0.272 e. The number of hydrogen-bond acceptors (Lipinski definition) is 5. The van der Waals surface area contributed by atoms with Crippen molar-refractivity contribution in [2.45, 2.75) is 31.9 Å². The van der Waals surface area contributed by atoms with Crippen molar-refractivity contribution in [3.8, 4) is 0 Å². The van der Waals surface area contributed by atoms with Crippen LogP contribution < -0.4 is 0 Å². The zero-order valence-electron chi connectivity index (χ0n) is 13.5. The molecule has 7 heteroatoms. The Hall–Kier alpha value is -2.28. The number of hydrogen-bond donors (Lipinski definition) is 0. The van der Waals surface area contributed by atoms with Crippen molar-refractivity contribution in [1.82, 2.24) is 24.9 Å². The molecule has 0 N–H and O–H groups in total. The largest absolute Gasteiger partial charge is 0.375 e. The van der Waals surface area contributed by atoms with Crippen LogP contribution in [-0.2, 0) is 11.3 Å². The molecule has 2 fully saturated rings. The van der Waals surface area contributed by atoms with Gasteiger partial charge in [0.1, 0.15) is 11.4 Å². The van der Waals surface area contributed by atoms with E-state index in [1.54, 1.807) is 12.3 Å².